The van der Waals surface area contributed by atoms with Crippen LogP contribution in [0.4, 0.5) is 20.2 Å². The fraction of sp³-hybridized carbons (Fsp3) is 0.438. The summed E-state index contributed by atoms with van der Waals surface area (Å²) in [5.74, 6) is -2.61. The molecule has 2 aromatic rings. The van der Waals surface area contributed by atoms with E-state index >= 15 is 0 Å². The third-order valence-electron chi connectivity index (χ3n) is 4.33. The summed E-state index contributed by atoms with van der Waals surface area (Å²) in [4.78, 5) is 14.3. The average Bonchev–Trinajstić information content (AvgIpc) is 2.51. The number of rotatable bonds is 2. The van der Waals surface area contributed by atoms with E-state index in [1.165, 1.54) is 0 Å². The van der Waals surface area contributed by atoms with E-state index in [1.54, 1.807) is 22.6 Å². The second-order valence-corrected chi connectivity index (χ2v) is 5.76. The van der Waals surface area contributed by atoms with Gasteiger partial charge in [-0.05, 0) is 18.2 Å². The highest BCUT2D eigenvalue weighted by Crippen LogP contribution is 2.30. The van der Waals surface area contributed by atoms with E-state index in [1.807, 2.05) is 25.2 Å². The van der Waals surface area contributed by atoms with E-state index in [0.717, 1.165) is 16.6 Å². The quantitative estimate of drug-likeness (QED) is 0.927. The van der Waals surface area contributed by atoms with Crippen LogP contribution in [0.1, 0.15) is 12.8 Å². The SMILES string of the molecule is CNc1ccc2cc(N3CCC(F)(F)CC3)c(=O)n(C)c2c1. The molecule has 0 spiro atoms. The molecule has 22 heavy (non-hydrogen) atoms. The Balaban J connectivity index is 2.05. The van der Waals surface area contributed by atoms with Crippen molar-refractivity contribution in [3.05, 3.63) is 34.6 Å². The number of aryl methyl sites for hydroxylation is 1. The minimum Gasteiger partial charge on any atom is -0.388 e. The molecule has 2 heterocycles. The fourth-order valence-electron chi connectivity index (χ4n) is 2.90. The molecule has 1 aromatic heterocycles. The number of hydrogen-bond acceptors (Lipinski definition) is 3. The summed E-state index contributed by atoms with van der Waals surface area (Å²) in [6.45, 7) is 0.421. The maximum Gasteiger partial charge on any atom is 0.274 e. The van der Waals surface area contributed by atoms with Crippen LogP contribution < -0.4 is 15.8 Å². The van der Waals surface area contributed by atoms with Crippen molar-refractivity contribution in [2.45, 2.75) is 18.8 Å². The summed E-state index contributed by atoms with van der Waals surface area (Å²) in [5.41, 5.74) is 2.10. The number of alkyl halides is 2. The van der Waals surface area contributed by atoms with Crippen LogP contribution in [0.2, 0.25) is 0 Å². The predicted molar refractivity (Wildman–Crippen MR) is 85.1 cm³/mol. The highest BCUT2D eigenvalue weighted by molar-refractivity contribution is 5.85. The van der Waals surface area contributed by atoms with Crippen LogP contribution in [0.15, 0.2) is 29.1 Å². The van der Waals surface area contributed by atoms with Gasteiger partial charge in [0.15, 0.2) is 0 Å². The summed E-state index contributed by atoms with van der Waals surface area (Å²) < 4.78 is 28.2. The zero-order valence-corrected chi connectivity index (χ0v) is 12.7. The minimum atomic E-state index is -2.61. The molecule has 0 saturated carbocycles. The van der Waals surface area contributed by atoms with Crippen molar-refractivity contribution in [1.29, 1.82) is 0 Å². The van der Waals surface area contributed by atoms with Crippen LogP contribution in [0.5, 0.6) is 0 Å². The van der Waals surface area contributed by atoms with Gasteiger partial charge in [-0.25, -0.2) is 8.78 Å². The number of halogens is 2. The van der Waals surface area contributed by atoms with Crippen molar-refractivity contribution in [2.75, 3.05) is 30.4 Å². The van der Waals surface area contributed by atoms with Crippen LogP contribution in [-0.2, 0) is 7.05 Å². The lowest BCUT2D eigenvalue weighted by molar-refractivity contribution is -0.0220. The second-order valence-electron chi connectivity index (χ2n) is 5.76. The maximum absolute atomic E-state index is 13.3. The van der Waals surface area contributed by atoms with Crippen LogP contribution in [0.25, 0.3) is 10.9 Å². The summed E-state index contributed by atoms with van der Waals surface area (Å²) in [6, 6.07) is 7.58. The lowest BCUT2D eigenvalue weighted by Gasteiger charge is -2.33. The van der Waals surface area contributed by atoms with Gasteiger partial charge in [0.1, 0.15) is 5.69 Å². The summed E-state index contributed by atoms with van der Waals surface area (Å²) >= 11 is 0. The molecule has 0 unspecified atom stereocenters. The molecule has 4 nitrogen and oxygen atoms in total. The molecule has 1 fully saturated rings. The molecular formula is C16H19F2N3O. The lowest BCUT2D eigenvalue weighted by atomic mass is 10.1. The number of benzene rings is 1. The van der Waals surface area contributed by atoms with Crippen molar-refractivity contribution in [2.24, 2.45) is 7.05 Å². The van der Waals surface area contributed by atoms with Crippen molar-refractivity contribution < 1.29 is 8.78 Å². The zero-order valence-electron chi connectivity index (χ0n) is 12.7. The van der Waals surface area contributed by atoms with Crippen LogP contribution in [-0.4, -0.2) is 30.6 Å². The monoisotopic (exact) mass is 307 g/mol. The molecule has 0 atom stereocenters. The van der Waals surface area contributed by atoms with Crippen LogP contribution in [0, 0.1) is 0 Å². The predicted octanol–water partition coefficient (Wildman–Crippen LogP) is 2.82. The Bertz CT molecular complexity index is 760. The molecule has 118 valence electrons. The molecule has 1 N–H and O–H groups in total. The molecule has 0 radical (unpaired) electrons. The van der Waals surface area contributed by atoms with E-state index < -0.39 is 5.92 Å². The number of pyridine rings is 1. The van der Waals surface area contributed by atoms with Crippen molar-refractivity contribution in [1.82, 2.24) is 4.57 Å². The molecule has 1 aromatic carbocycles. The molecule has 0 aliphatic carbocycles. The first-order valence-electron chi connectivity index (χ1n) is 7.36. The van der Waals surface area contributed by atoms with Gasteiger partial charge in [0.05, 0.1) is 5.52 Å². The molecule has 1 aliphatic heterocycles. The Morgan fingerprint density at radius 2 is 1.86 bits per heavy atom. The molecule has 0 amide bonds. The molecular weight excluding hydrogens is 288 g/mol. The average molecular weight is 307 g/mol. The van der Waals surface area contributed by atoms with Gasteiger partial charge in [-0.3, -0.25) is 4.79 Å². The highest BCUT2D eigenvalue weighted by atomic mass is 19.3. The highest BCUT2D eigenvalue weighted by Gasteiger charge is 2.34. The maximum atomic E-state index is 13.3. The Morgan fingerprint density at radius 1 is 1.18 bits per heavy atom. The van der Waals surface area contributed by atoms with E-state index in [4.69, 9.17) is 0 Å². The Kier molecular flexibility index (Phi) is 3.54. The first-order valence-corrected chi connectivity index (χ1v) is 7.36. The zero-order chi connectivity index (χ0) is 15.9. The largest absolute Gasteiger partial charge is 0.388 e. The molecule has 3 rings (SSSR count). The van der Waals surface area contributed by atoms with Crippen molar-refractivity contribution in [3.8, 4) is 0 Å². The number of anilines is 2. The van der Waals surface area contributed by atoms with Gasteiger partial charge < -0.3 is 14.8 Å². The van der Waals surface area contributed by atoms with Crippen molar-refractivity contribution >= 4 is 22.3 Å². The van der Waals surface area contributed by atoms with Gasteiger partial charge in [0.25, 0.3) is 11.5 Å². The third-order valence-corrected chi connectivity index (χ3v) is 4.33. The summed E-state index contributed by atoms with van der Waals surface area (Å²) in [7, 11) is 3.54. The minimum absolute atomic E-state index is 0.147. The standard InChI is InChI=1S/C16H19F2N3O/c1-19-12-4-3-11-9-14(15(22)20(2)13(11)10-12)21-7-5-16(17,18)6-8-21/h3-4,9-10,19H,5-8H2,1-2H3. The molecule has 1 saturated heterocycles. The first kappa shape index (κ1) is 14.8. The van der Waals surface area contributed by atoms with E-state index in [0.29, 0.717) is 5.69 Å². The van der Waals surface area contributed by atoms with Gasteiger partial charge in [0, 0.05) is 51.1 Å². The number of nitrogens with one attached hydrogen (secondary N) is 1. The number of piperidine rings is 1. The first-order chi connectivity index (χ1) is 10.4. The smallest absolute Gasteiger partial charge is 0.274 e. The van der Waals surface area contributed by atoms with Gasteiger partial charge in [0.2, 0.25) is 0 Å². The number of hydrogen-bond donors (Lipinski definition) is 1. The topological polar surface area (TPSA) is 37.3 Å². The lowest BCUT2D eigenvalue weighted by Crippen LogP contribution is -2.42. The Morgan fingerprint density at radius 3 is 2.50 bits per heavy atom. The van der Waals surface area contributed by atoms with Crippen LogP contribution >= 0.6 is 0 Å². The van der Waals surface area contributed by atoms with Gasteiger partial charge >= 0.3 is 0 Å². The summed E-state index contributed by atoms with van der Waals surface area (Å²) in [6.07, 6.45) is -0.403. The third kappa shape index (κ3) is 2.53. The number of aromatic nitrogens is 1. The normalized spacial score (nSPS) is 17.7. The molecule has 1 aliphatic rings. The van der Waals surface area contributed by atoms with Gasteiger partial charge in [-0.15, -0.1) is 0 Å². The second kappa shape index (κ2) is 5.26. The summed E-state index contributed by atoms with van der Waals surface area (Å²) in [5, 5.41) is 3.97. The van der Waals surface area contributed by atoms with E-state index in [-0.39, 0.29) is 31.5 Å². The number of nitrogens with zero attached hydrogens (tertiary/aromatic N) is 2. The molecule has 0 bridgehead atoms. The molecule has 6 heteroatoms. The van der Waals surface area contributed by atoms with E-state index in [2.05, 4.69) is 5.32 Å². The Labute approximate surface area is 127 Å². The van der Waals surface area contributed by atoms with Gasteiger partial charge in [-0.2, -0.15) is 0 Å². The fourth-order valence-corrected chi connectivity index (χ4v) is 2.90. The van der Waals surface area contributed by atoms with Gasteiger partial charge in [-0.1, -0.05) is 6.07 Å². The Hall–Kier alpha value is -2.11. The van der Waals surface area contributed by atoms with E-state index in [9.17, 15) is 13.6 Å². The van der Waals surface area contributed by atoms with Crippen molar-refractivity contribution in [3.63, 3.8) is 0 Å². The van der Waals surface area contributed by atoms with Crippen LogP contribution in [0.3, 0.4) is 0 Å². The number of fused-ring (bicyclic) bond motifs is 1.